The molecule has 0 unspecified atom stereocenters. The van der Waals surface area contributed by atoms with E-state index in [1.54, 1.807) is 0 Å². The van der Waals surface area contributed by atoms with Crippen molar-refractivity contribution in [2.45, 2.75) is 44.3 Å². The van der Waals surface area contributed by atoms with Gasteiger partial charge in [-0.3, -0.25) is 9.69 Å². The van der Waals surface area contributed by atoms with Crippen LogP contribution in [0.3, 0.4) is 0 Å². The van der Waals surface area contributed by atoms with E-state index >= 15 is 0 Å². The summed E-state index contributed by atoms with van der Waals surface area (Å²) in [4.78, 5) is 14.9. The van der Waals surface area contributed by atoms with E-state index in [0.29, 0.717) is 17.7 Å². The van der Waals surface area contributed by atoms with Crippen LogP contribution in [0.15, 0.2) is 60.7 Å². The fraction of sp³-hybridized carbons (Fsp3) is 0.381. The summed E-state index contributed by atoms with van der Waals surface area (Å²) in [5.74, 6) is 1.06. The molecule has 2 nitrogen and oxygen atoms in total. The maximum Gasteiger partial charge on any atom is 0.150 e. The minimum absolute atomic E-state index is 0.141. The van der Waals surface area contributed by atoms with Gasteiger partial charge >= 0.3 is 0 Å². The summed E-state index contributed by atoms with van der Waals surface area (Å²) in [6.07, 6.45) is 3.93. The van der Waals surface area contributed by atoms with Gasteiger partial charge in [-0.2, -0.15) is 0 Å². The number of benzene rings is 2. The lowest BCUT2D eigenvalue weighted by Crippen LogP contribution is -2.45. The van der Waals surface area contributed by atoms with Gasteiger partial charge in [-0.05, 0) is 36.3 Å². The maximum absolute atomic E-state index is 12.4. The van der Waals surface area contributed by atoms with Gasteiger partial charge in [0.15, 0.2) is 0 Å². The molecule has 2 heterocycles. The Morgan fingerprint density at radius 2 is 1.57 bits per heavy atom. The smallest absolute Gasteiger partial charge is 0.150 e. The number of fused-ring (bicyclic) bond motifs is 2. The van der Waals surface area contributed by atoms with Crippen LogP contribution in [-0.4, -0.2) is 22.8 Å². The molecule has 2 aromatic carbocycles. The molecule has 3 atom stereocenters. The van der Waals surface area contributed by atoms with Gasteiger partial charge in [0, 0.05) is 19.0 Å². The van der Waals surface area contributed by atoms with Gasteiger partial charge in [-0.1, -0.05) is 60.7 Å². The molecular formula is C21H23NO. The Bertz CT molecular complexity index is 667. The molecule has 0 radical (unpaired) electrons. The molecule has 2 aliphatic rings. The van der Waals surface area contributed by atoms with E-state index in [2.05, 4.69) is 65.6 Å². The lowest BCUT2D eigenvalue weighted by Gasteiger charge is -2.35. The lowest BCUT2D eigenvalue weighted by atomic mass is 9.91. The van der Waals surface area contributed by atoms with Crippen LogP contribution in [0, 0.1) is 5.92 Å². The van der Waals surface area contributed by atoms with Gasteiger partial charge in [-0.15, -0.1) is 0 Å². The van der Waals surface area contributed by atoms with Crippen molar-refractivity contribution < 1.29 is 4.79 Å². The number of hydrogen-bond donors (Lipinski definition) is 0. The molecule has 2 fully saturated rings. The first kappa shape index (κ1) is 14.6. The van der Waals surface area contributed by atoms with Crippen molar-refractivity contribution in [1.82, 2.24) is 4.90 Å². The molecule has 0 N–H and O–H groups in total. The lowest BCUT2D eigenvalue weighted by molar-refractivity contribution is -0.126. The van der Waals surface area contributed by atoms with Crippen LogP contribution >= 0.6 is 0 Å². The molecule has 4 rings (SSSR count). The minimum Gasteiger partial charge on any atom is -0.298 e. The number of nitrogens with zero attached hydrogens (tertiary/aromatic N) is 1. The second kappa shape index (κ2) is 6.29. The topological polar surface area (TPSA) is 20.3 Å². The fourth-order valence-electron chi connectivity index (χ4n) is 4.41. The standard InChI is InChI=1S/C21H23NO/c23-21-12-11-19-18(13-16-7-3-1-4-8-16)14-20(21)22(19)15-17-9-5-2-6-10-17/h1-10,18-20H,11-15H2/t18-,19-,20+/m0/s1. The normalized spacial score (nSPS) is 27.3. The molecule has 2 heteroatoms. The van der Waals surface area contributed by atoms with Crippen LogP contribution in [0.1, 0.15) is 30.4 Å². The van der Waals surface area contributed by atoms with Crippen LogP contribution in [0.4, 0.5) is 0 Å². The van der Waals surface area contributed by atoms with Gasteiger partial charge in [0.05, 0.1) is 6.04 Å². The van der Waals surface area contributed by atoms with E-state index in [1.807, 2.05) is 0 Å². The molecule has 2 aromatic rings. The summed E-state index contributed by atoms with van der Waals surface area (Å²) >= 11 is 0. The highest BCUT2D eigenvalue weighted by Crippen LogP contribution is 2.40. The summed E-state index contributed by atoms with van der Waals surface area (Å²) in [5.41, 5.74) is 2.72. The molecule has 2 saturated heterocycles. The number of piperidine rings is 1. The molecule has 0 saturated carbocycles. The monoisotopic (exact) mass is 305 g/mol. The van der Waals surface area contributed by atoms with Crippen molar-refractivity contribution >= 4 is 5.78 Å². The van der Waals surface area contributed by atoms with E-state index in [9.17, 15) is 4.79 Å². The molecule has 0 amide bonds. The number of rotatable bonds is 4. The average molecular weight is 305 g/mol. The molecule has 23 heavy (non-hydrogen) atoms. The first-order valence-corrected chi connectivity index (χ1v) is 8.67. The Balaban J connectivity index is 1.54. The van der Waals surface area contributed by atoms with Gasteiger partial charge in [0.25, 0.3) is 0 Å². The first-order chi connectivity index (χ1) is 11.3. The van der Waals surface area contributed by atoms with Crippen LogP contribution in [-0.2, 0) is 17.8 Å². The van der Waals surface area contributed by atoms with Gasteiger partial charge in [0.1, 0.15) is 5.78 Å². The third-order valence-electron chi connectivity index (χ3n) is 5.50. The number of Topliss-reactive ketones (excluding diaryl/α,β-unsaturated/α-hetero) is 1. The number of hydrogen-bond acceptors (Lipinski definition) is 2. The third-order valence-corrected chi connectivity index (χ3v) is 5.50. The Morgan fingerprint density at radius 3 is 2.26 bits per heavy atom. The molecular weight excluding hydrogens is 282 g/mol. The first-order valence-electron chi connectivity index (χ1n) is 8.67. The van der Waals surface area contributed by atoms with Gasteiger partial charge in [0.2, 0.25) is 0 Å². The predicted octanol–water partition coefficient (Wildman–Crippen LogP) is 3.85. The van der Waals surface area contributed by atoms with Gasteiger partial charge in [-0.25, -0.2) is 0 Å². The summed E-state index contributed by atoms with van der Waals surface area (Å²) in [7, 11) is 0. The Hall–Kier alpha value is -1.93. The van der Waals surface area contributed by atoms with Crippen molar-refractivity contribution in [1.29, 1.82) is 0 Å². The summed E-state index contributed by atoms with van der Waals surface area (Å²) < 4.78 is 0. The van der Waals surface area contributed by atoms with Crippen LogP contribution in [0.25, 0.3) is 0 Å². The van der Waals surface area contributed by atoms with Gasteiger partial charge < -0.3 is 0 Å². The quantitative estimate of drug-likeness (QED) is 0.855. The predicted molar refractivity (Wildman–Crippen MR) is 92.1 cm³/mol. The van der Waals surface area contributed by atoms with Crippen molar-refractivity contribution in [3.05, 3.63) is 71.8 Å². The molecule has 2 aliphatic heterocycles. The van der Waals surface area contributed by atoms with Crippen molar-refractivity contribution in [3.63, 3.8) is 0 Å². The molecule has 2 bridgehead atoms. The van der Waals surface area contributed by atoms with E-state index < -0.39 is 0 Å². The van der Waals surface area contributed by atoms with Crippen molar-refractivity contribution in [2.75, 3.05) is 0 Å². The molecule has 118 valence electrons. The summed E-state index contributed by atoms with van der Waals surface area (Å²) in [5, 5.41) is 0. The number of carbonyl (C=O) groups excluding carboxylic acids is 1. The largest absolute Gasteiger partial charge is 0.298 e. The van der Waals surface area contributed by atoms with Crippen LogP contribution in [0.2, 0.25) is 0 Å². The number of ketones is 1. The molecule has 0 spiro atoms. The van der Waals surface area contributed by atoms with E-state index in [4.69, 9.17) is 0 Å². The average Bonchev–Trinajstić information content (AvgIpc) is 2.82. The second-order valence-electron chi connectivity index (χ2n) is 6.93. The third kappa shape index (κ3) is 2.96. The van der Waals surface area contributed by atoms with Crippen LogP contribution < -0.4 is 0 Å². The Kier molecular flexibility index (Phi) is 4.00. The van der Waals surface area contributed by atoms with Crippen molar-refractivity contribution in [2.24, 2.45) is 5.92 Å². The summed E-state index contributed by atoms with van der Waals surface area (Å²) in [6, 6.07) is 22.0. The zero-order valence-electron chi connectivity index (χ0n) is 13.4. The fourth-order valence-corrected chi connectivity index (χ4v) is 4.41. The Labute approximate surface area is 138 Å². The Morgan fingerprint density at radius 1 is 0.913 bits per heavy atom. The zero-order valence-corrected chi connectivity index (χ0v) is 13.4. The maximum atomic E-state index is 12.4. The minimum atomic E-state index is 0.141. The summed E-state index contributed by atoms with van der Waals surface area (Å²) in [6.45, 7) is 0.910. The van der Waals surface area contributed by atoms with E-state index in [1.165, 1.54) is 11.1 Å². The van der Waals surface area contributed by atoms with E-state index in [0.717, 1.165) is 32.2 Å². The molecule has 0 aromatic heterocycles. The van der Waals surface area contributed by atoms with Crippen molar-refractivity contribution in [3.8, 4) is 0 Å². The van der Waals surface area contributed by atoms with E-state index in [-0.39, 0.29) is 6.04 Å². The number of carbonyl (C=O) groups is 1. The molecule has 0 aliphatic carbocycles. The SMILES string of the molecule is O=C1CC[C@H]2[C@@H](Cc3ccccc3)C[C@H]1N2Cc1ccccc1. The second-order valence-corrected chi connectivity index (χ2v) is 6.93. The highest BCUT2D eigenvalue weighted by Gasteiger charge is 2.46. The van der Waals surface area contributed by atoms with Crippen LogP contribution in [0.5, 0.6) is 0 Å². The highest BCUT2D eigenvalue weighted by atomic mass is 16.1. The highest BCUT2D eigenvalue weighted by molar-refractivity contribution is 5.85. The zero-order chi connectivity index (χ0) is 15.6.